The summed E-state index contributed by atoms with van der Waals surface area (Å²) < 4.78 is 17.0. The highest BCUT2D eigenvalue weighted by Gasteiger charge is 2.19. The van der Waals surface area contributed by atoms with Crippen LogP contribution < -0.4 is 4.74 Å². The normalized spacial score (nSPS) is 11.8. The predicted molar refractivity (Wildman–Crippen MR) is 172 cm³/mol. The molecule has 204 valence electrons. The molecule has 0 saturated heterocycles. The van der Waals surface area contributed by atoms with Crippen LogP contribution >= 0.6 is 0 Å². The Balaban J connectivity index is 1.16. The molecule has 0 amide bonds. The van der Waals surface area contributed by atoms with Crippen molar-refractivity contribution in [3.05, 3.63) is 128 Å². The van der Waals surface area contributed by atoms with Crippen molar-refractivity contribution in [2.75, 3.05) is 0 Å². The van der Waals surface area contributed by atoms with Crippen molar-refractivity contribution in [2.45, 2.75) is 0 Å². The minimum absolute atomic E-state index is 0.737. The number of benzene rings is 5. The minimum atomic E-state index is 0.737. The van der Waals surface area contributed by atoms with Crippen molar-refractivity contribution < 1.29 is 9.15 Å². The Hall–Kier alpha value is -5.88. The fourth-order valence-corrected chi connectivity index (χ4v) is 6.33. The molecule has 4 heterocycles. The largest absolute Gasteiger partial charge is 0.457 e. The van der Waals surface area contributed by atoms with Gasteiger partial charge in [0, 0.05) is 46.4 Å². The molecule has 6 nitrogen and oxygen atoms in total. The molecule has 9 rings (SSSR count). The first-order valence-corrected chi connectivity index (χ1v) is 14.2. The Labute approximate surface area is 246 Å². The van der Waals surface area contributed by atoms with Crippen LogP contribution in [0.2, 0.25) is 0 Å². The molecule has 0 radical (unpaired) electrons. The first-order chi connectivity index (χ1) is 21.2. The highest BCUT2D eigenvalue weighted by atomic mass is 16.5. The molecule has 0 aliphatic rings. The van der Waals surface area contributed by atoms with Crippen LogP contribution in [0.15, 0.2) is 132 Å². The van der Waals surface area contributed by atoms with Crippen LogP contribution in [0.4, 0.5) is 0 Å². The molecule has 0 fully saturated rings. The van der Waals surface area contributed by atoms with E-state index in [0.717, 1.165) is 83.5 Å². The highest BCUT2D eigenvalue weighted by molar-refractivity contribution is 6.26. The number of furan rings is 1. The molecule has 0 N–H and O–H groups in total. The first kappa shape index (κ1) is 23.8. The lowest BCUT2D eigenvalue weighted by molar-refractivity contribution is 0.482. The van der Waals surface area contributed by atoms with Crippen LogP contribution in [0.25, 0.3) is 72.0 Å². The van der Waals surface area contributed by atoms with E-state index in [1.54, 1.807) is 0 Å². The quantitative estimate of drug-likeness (QED) is 0.217. The SMILES string of the molecule is Cn1c(-c2cccc(Oc3cccc(-n4c5ccc6oc7ccccc7c6c5c5cccnc54)c3)c2)nc2ccccc21. The van der Waals surface area contributed by atoms with Crippen molar-refractivity contribution in [1.29, 1.82) is 0 Å². The minimum Gasteiger partial charge on any atom is -0.457 e. The van der Waals surface area contributed by atoms with Gasteiger partial charge in [-0.2, -0.15) is 0 Å². The number of hydrogen-bond donors (Lipinski definition) is 0. The second kappa shape index (κ2) is 9.06. The molecule has 9 aromatic rings. The van der Waals surface area contributed by atoms with Crippen molar-refractivity contribution >= 4 is 54.9 Å². The van der Waals surface area contributed by atoms with Gasteiger partial charge in [0.15, 0.2) is 0 Å². The molecular weight excluding hydrogens is 532 g/mol. The van der Waals surface area contributed by atoms with Crippen molar-refractivity contribution in [1.82, 2.24) is 19.1 Å². The maximum absolute atomic E-state index is 6.45. The van der Waals surface area contributed by atoms with Crippen LogP contribution in [-0.4, -0.2) is 19.1 Å². The van der Waals surface area contributed by atoms with Crippen LogP contribution in [0.5, 0.6) is 11.5 Å². The van der Waals surface area contributed by atoms with Gasteiger partial charge in [-0.1, -0.05) is 48.5 Å². The summed E-state index contributed by atoms with van der Waals surface area (Å²) in [5, 5.41) is 4.42. The summed E-state index contributed by atoms with van der Waals surface area (Å²) in [6, 6.07) is 40.9. The summed E-state index contributed by atoms with van der Waals surface area (Å²) in [4.78, 5) is 9.70. The van der Waals surface area contributed by atoms with Crippen LogP contribution in [0.3, 0.4) is 0 Å². The molecule has 0 saturated carbocycles. The van der Waals surface area contributed by atoms with Gasteiger partial charge in [0.1, 0.15) is 34.1 Å². The van der Waals surface area contributed by atoms with E-state index in [4.69, 9.17) is 19.1 Å². The number of pyridine rings is 1. The Morgan fingerprint density at radius 3 is 2.40 bits per heavy atom. The van der Waals surface area contributed by atoms with Gasteiger partial charge in [-0.15, -0.1) is 0 Å². The fraction of sp³-hybridized carbons (Fsp3) is 0.0270. The summed E-state index contributed by atoms with van der Waals surface area (Å²) in [6.07, 6.45) is 1.84. The topological polar surface area (TPSA) is 58.0 Å². The van der Waals surface area contributed by atoms with E-state index in [-0.39, 0.29) is 0 Å². The van der Waals surface area contributed by atoms with Crippen molar-refractivity contribution in [2.24, 2.45) is 7.05 Å². The predicted octanol–water partition coefficient (Wildman–Crippen LogP) is 9.42. The second-order valence-electron chi connectivity index (χ2n) is 10.8. The molecule has 0 aliphatic carbocycles. The Bertz CT molecular complexity index is 2520. The fourth-order valence-electron chi connectivity index (χ4n) is 6.33. The third-order valence-corrected chi connectivity index (χ3v) is 8.22. The summed E-state index contributed by atoms with van der Waals surface area (Å²) in [7, 11) is 2.04. The molecule has 0 aliphatic heterocycles. The van der Waals surface area contributed by atoms with E-state index >= 15 is 0 Å². The van der Waals surface area contributed by atoms with E-state index < -0.39 is 0 Å². The van der Waals surface area contributed by atoms with Gasteiger partial charge in [0.05, 0.1) is 22.2 Å². The van der Waals surface area contributed by atoms with Crippen molar-refractivity contribution in [3.63, 3.8) is 0 Å². The van der Waals surface area contributed by atoms with Gasteiger partial charge in [0.2, 0.25) is 0 Å². The molecule has 5 aromatic carbocycles. The summed E-state index contributed by atoms with van der Waals surface area (Å²) in [6.45, 7) is 0. The monoisotopic (exact) mass is 556 g/mol. The van der Waals surface area contributed by atoms with Crippen LogP contribution in [0.1, 0.15) is 0 Å². The first-order valence-electron chi connectivity index (χ1n) is 14.2. The molecule has 0 spiro atoms. The summed E-state index contributed by atoms with van der Waals surface area (Å²) in [5.41, 5.74) is 7.73. The third kappa shape index (κ3) is 3.60. The molecule has 0 atom stereocenters. The van der Waals surface area contributed by atoms with E-state index in [9.17, 15) is 0 Å². The van der Waals surface area contributed by atoms with Crippen LogP contribution in [0, 0.1) is 0 Å². The van der Waals surface area contributed by atoms with E-state index in [2.05, 4.69) is 63.7 Å². The number of fused-ring (bicyclic) bond motifs is 8. The molecule has 6 heteroatoms. The van der Waals surface area contributed by atoms with Gasteiger partial charge < -0.3 is 13.7 Å². The standard InChI is InChI=1S/C37H24N4O2/c1-40-30-16-4-3-15-29(30)39-36(40)23-9-6-11-25(21-23)42-26-12-7-10-24(22-26)41-31-18-19-33-35(27-13-2-5-17-32(27)43-33)34(31)28-14-8-20-38-37(28)41/h2-22H,1H3. The average molecular weight is 557 g/mol. The molecule has 0 bridgehead atoms. The number of aromatic nitrogens is 4. The van der Waals surface area contributed by atoms with Crippen LogP contribution in [-0.2, 0) is 7.05 Å². The van der Waals surface area contributed by atoms with Gasteiger partial charge in [-0.25, -0.2) is 9.97 Å². The van der Waals surface area contributed by atoms with Gasteiger partial charge in [0.25, 0.3) is 0 Å². The average Bonchev–Trinajstić information content (AvgIpc) is 3.70. The number of nitrogens with zero attached hydrogens (tertiary/aromatic N) is 4. The zero-order valence-corrected chi connectivity index (χ0v) is 23.2. The summed E-state index contributed by atoms with van der Waals surface area (Å²) in [5.74, 6) is 2.38. The second-order valence-corrected chi connectivity index (χ2v) is 10.8. The smallest absolute Gasteiger partial charge is 0.145 e. The lowest BCUT2D eigenvalue weighted by Gasteiger charge is -2.11. The summed E-state index contributed by atoms with van der Waals surface area (Å²) >= 11 is 0. The van der Waals surface area contributed by atoms with E-state index in [1.165, 1.54) is 0 Å². The molecule has 43 heavy (non-hydrogen) atoms. The number of imidazole rings is 1. The number of aryl methyl sites for hydroxylation is 1. The highest BCUT2D eigenvalue weighted by Crippen LogP contribution is 2.41. The number of rotatable bonds is 4. The number of ether oxygens (including phenoxy) is 1. The van der Waals surface area contributed by atoms with Gasteiger partial charge in [-0.3, -0.25) is 4.57 Å². The Kier molecular flexibility index (Phi) is 5.01. The zero-order valence-electron chi connectivity index (χ0n) is 23.2. The Morgan fingerprint density at radius 2 is 1.47 bits per heavy atom. The molecule has 0 unspecified atom stereocenters. The van der Waals surface area contributed by atoms with E-state index in [1.807, 2.05) is 80.0 Å². The zero-order chi connectivity index (χ0) is 28.5. The third-order valence-electron chi connectivity index (χ3n) is 8.22. The molecular formula is C37H24N4O2. The van der Waals surface area contributed by atoms with Gasteiger partial charge >= 0.3 is 0 Å². The lowest BCUT2D eigenvalue weighted by atomic mass is 10.1. The van der Waals surface area contributed by atoms with Crippen molar-refractivity contribution in [3.8, 4) is 28.6 Å². The Morgan fingerprint density at radius 1 is 0.651 bits per heavy atom. The van der Waals surface area contributed by atoms with E-state index in [0.29, 0.717) is 0 Å². The number of hydrogen-bond acceptors (Lipinski definition) is 4. The maximum Gasteiger partial charge on any atom is 0.145 e. The van der Waals surface area contributed by atoms with Gasteiger partial charge in [-0.05, 0) is 66.7 Å². The lowest BCUT2D eigenvalue weighted by Crippen LogP contribution is -1.96. The molecule has 4 aromatic heterocycles. The maximum atomic E-state index is 6.45. The number of para-hydroxylation sites is 3.